The molecule has 2 aromatic carbocycles. The molecule has 184 valence electrons. The lowest BCUT2D eigenvalue weighted by molar-refractivity contribution is 0.0752. The van der Waals surface area contributed by atoms with Crippen molar-refractivity contribution in [3.05, 3.63) is 60.7 Å². The molecule has 0 amide bonds. The Bertz CT molecular complexity index is 836. The van der Waals surface area contributed by atoms with Crippen LogP contribution >= 0.6 is 0 Å². The number of benzene rings is 2. The number of hydrogen-bond donors (Lipinski definition) is 0. The van der Waals surface area contributed by atoms with Crippen molar-refractivity contribution in [1.82, 2.24) is 0 Å². The van der Waals surface area contributed by atoms with Gasteiger partial charge >= 0.3 is 22.7 Å². The summed E-state index contributed by atoms with van der Waals surface area (Å²) < 4.78 is 51.5. The maximum Gasteiger partial charge on any atom is 0.305 e. The maximum atomic E-state index is 12.1. The fourth-order valence-electron chi connectivity index (χ4n) is 3.58. The van der Waals surface area contributed by atoms with Crippen molar-refractivity contribution in [1.29, 1.82) is 0 Å². The van der Waals surface area contributed by atoms with E-state index in [1.165, 1.54) is 0 Å². The molecule has 0 heterocycles. The highest BCUT2D eigenvalue weighted by Crippen LogP contribution is 2.36. The predicted octanol–water partition coefficient (Wildman–Crippen LogP) is 3.20. The first-order chi connectivity index (χ1) is 15.7. The summed E-state index contributed by atoms with van der Waals surface area (Å²) in [5.74, 6) is 0. The third-order valence-corrected chi connectivity index (χ3v) is 11.5. The summed E-state index contributed by atoms with van der Waals surface area (Å²) in [6, 6.07) is 20.3. The van der Waals surface area contributed by atoms with Crippen molar-refractivity contribution in [2.75, 3.05) is 26.4 Å². The zero-order valence-corrected chi connectivity index (χ0v) is 22.5. The third-order valence-electron chi connectivity index (χ3n) is 4.90. The highest BCUT2D eigenvalue weighted by atomic mass is 32.2. The van der Waals surface area contributed by atoms with Gasteiger partial charge in [-0.1, -0.05) is 81.4 Å². The van der Waals surface area contributed by atoms with E-state index in [1.807, 2.05) is 36.4 Å². The Morgan fingerprint density at radius 3 is 1.70 bits per heavy atom. The molecule has 7 nitrogen and oxygen atoms in total. The smallest absolute Gasteiger partial charge is 0.305 e. The first-order valence-electron chi connectivity index (χ1n) is 10.9. The van der Waals surface area contributed by atoms with E-state index in [-0.39, 0.29) is 31.5 Å². The topological polar surface area (TPSA) is 80.3 Å². The largest absolute Gasteiger partial charge is 0.405 e. The second-order valence-electron chi connectivity index (χ2n) is 8.20. The van der Waals surface area contributed by atoms with Crippen molar-refractivity contribution in [2.24, 2.45) is 0 Å². The molecule has 2 rings (SSSR count). The van der Waals surface area contributed by atoms with Gasteiger partial charge in [0, 0.05) is 0 Å². The maximum absolute atomic E-state index is 12.1. The summed E-state index contributed by atoms with van der Waals surface area (Å²) in [5.41, 5.74) is 0. The van der Waals surface area contributed by atoms with Gasteiger partial charge in [0.1, 0.15) is 6.10 Å². The van der Waals surface area contributed by atoms with Crippen molar-refractivity contribution >= 4 is 41.4 Å². The van der Waals surface area contributed by atoms with Crippen LogP contribution in [0.2, 0.25) is 5.04 Å². The van der Waals surface area contributed by atoms with E-state index < -0.39 is 37.1 Å². The highest BCUT2D eigenvalue weighted by Gasteiger charge is 2.50. The molecule has 0 fully saturated rings. The second kappa shape index (κ2) is 13.6. The molecule has 0 aliphatic carbocycles. The summed E-state index contributed by atoms with van der Waals surface area (Å²) in [5, 5.41) is 1.97. The molecule has 0 spiro atoms. The van der Waals surface area contributed by atoms with Gasteiger partial charge in [-0.25, -0.2) is 0 Å². The molecule has 0 saturated carbocycles. The normalized spacial score (nSPS) is 15.2. The molecule has 0 N–H and O–H groups in total. The van der Waals surface area contributed by atoms with Crippen LogP contribution in [0.3, 0.4) is 0 Å². The van der Waals surface area contributed by atoms with Crippen LogP contribution in [-0.2, 0) is 43.9 Å². The van der Waals surface area contributed by atoms with E-state index in [4.69, 9.17) is 21.2 Å². The molecule has 2 aromatic rings. The minimum Gasteiger partial charge on any atom is -0.405 e. The molecule has 10 heteroatoms. The highest BCUT2D eigenvalue weighted by molar-refractivity contribution is 7.75. The third kappa shape index (κ3) is 7.90. The lowest BCUT2D eigenvalue weighted by Gasteiger charge is -2.43. The Hall–Kier alpha value is -1.24. The van der Waals surface area contributed by atoms with Crippen molar-refractivity contribution in [2.45, 2.75) is 45.8 Å². The molecule has 0 aliphatic heterocycles. The SMILES string of the molecule is CCOS(=O)OCC(CO[Si](c1ccccc1)(c1ccccc1)C(C)(C)C)OS(=O)OCC. The van der Waals surface area contributed by atoms with Crippen LogP contribution in [0.25, 0.3) is 0 Å². The van der Waals surface area contributed by atoms with Gasteiger partial charge in [0.2, 0.25) is 0 Å². The van der Waals surface area contributed by atoms with Gasteiger partial charge in [-0.2, -0.15) is 8.42 Å². The average Bonchev–Trinajstić information content (AvgIpc) is 2.78. The van der Waals surface area contributed by atoms with E-state index >= 15 is 0 Å². The lowest BCUT2D eigenvalue weighted by Crippen LogP contribution is -2.67. The molecule has 0 radical (unpaired) electrons. The summed E-state index contributed by atoms with van der Waals surface area (Å²) in [6.45, 7) is 10.3. The second-order valence-corrected chi connectivity index (χ2v) is 14.2. The first kappa shape index (κ1) is 28.0. The van der Waals surface area contributed by atoms with Crippen LogP contribution in [0.5, 0.6) is 0 Å². The standard InChI is InChI=1S/C23H34O7S2Si/c1-6-26-31(24)28-18-20(30-32(25)27-7-2)19-29-33(23(3,4)5,21-14-10-8-11-15-21)22-16-12-9-13-17-22/h8-17,20H,6-7,18-19H2,1-5H3. The molecule has 0 bridgehead atoms. The summed E-state index contributed by atoms with van der Waals surface area (Å²) in [4.78, 5) is 0. The average molecular weight is 515 g/mol. The van der Waals surface area contributed by atoms with Gasteiger partial charge in [0.25, 0.3) is 8.32 Å². The lowest BCUT2D eigenvalue weighted by atomic mass is 10.2. The molecular weight excluding hydrogens is 480 g/mol. The van der Waals surface area contributed by atoms with Crippen LogP contribution in [0, 0.1) is 0 Å². The van der Waals surface area contributed by atoms with E-state index in [0.717, 1.165) is 10.4 Å². The Kier molecular flexibility index (Phi) is 11.5. The predicted molar refractivity (Wildman–Crippen MR) is 134 cm³/mol. The van der Waals surface area contributed by atoms with Crippen LogP contribution < -0.4 is 10.4 Å². The van der Waals surface area contributed by atoms with E-state index in [2.05, 4.69) is 45.0 Å². The molecule has 3 atom stereocenters. The summed E-state index contributed by atoms with van der Waals surface area (Å²) in [7, 11) is -2.84. The molecule has 0 saturated heterocycles. The Morgan fingerprint density at radius 1 is 0.758 bits per heavy atom. The summed E-state index contributed by atoms with van der Waals surface area (Å²) >= 11 is -3.93. The van der Waals surface area contributed by atoms with Crippen molar-refractivity contribution < 1.29 is 29.6 Å². The monoisotopic (exact) mass is 514 g/mol. The van der Waals surface area contributed by atoms with Gasteiger partial charge in [0.05, 0.1) is 26.4 Å². The molecule has 33 heavy (non-hydrogen) atoms. The van der Waals surface area contributed by atoms with Crippen LogP contribution in [0.1, 0.15) is 34.6 Å². The van der Waals surface area contributed by atoms with Crippen LogP contribution in [0.4, 0.5) is 0 Å². The van der Waals surface area contributed by atoms with Gasteiger partial charge in [-0.15, -0.1) is 0 Å². The van der Waals surface area contributed by atoms with Gasteiger partial charge in [-0.05, 0) is 29.3 Å². The number of rotatable bonds is 14. The molecule has 0 aromatic heterocycles. The zero-order chi connectivity index (χ0) is 24.3. The fourth-order valence-corrected chi connectivity index (χ4v) is 9.28. The van der Waals surface area contributed by atoms with Gasteiger partial charge < -0.3 is 4.43 Å². The van der Waals surface area contributed by atoms with Crippen LogP contribution in [-0.4, -0.2) is 49.3 Å². The Morgan fingerprint density at radius 2 is 1.24 bits per heavy atom. The van der Waals surface area contributed by atoms with E-state index in [0.29, 0.717) is 0 Å². The van der Waals surface area contributed by atoms with Crippen molar-refractivity contribution in [3.8, 4) is 0 Å². The van der Waals surface area contributed by atoms with E-state index in [1.54, 1.807) is 13.8 Å². The quantitative estimate of drug-likeness (QED) is 0.358. The minimum absolute atomic E-state index is 0.0649. The Balaban J connectivity index is 2.39. The van der Waals surface area contributed by atoms with Crippen molar-refractivity contribution in [3.63, 3.8) is 0 Å². The Labute approximate surface area is 203 Å². The molecular formula is C23H34O7S2Si. The fraction of sp³-hybridized carbons (Fsp3) is 0.478. The molecule has 0 aliphatic rings. The zero-order valence-electron chi connectivity index (χ0n) is 19.9. The van der Waals surface area contributed by atoms with Crippen LogP contribution in [0.15, 0.2) is 60.7 Å². The van der Waals surface area contributed by atoms with Gasteiger partial charge in [0.15, 0.2) is 0 Å². The first-order valence-corrected chi connectivity index (χ1v) is 14.8. The minimum atomic E-state index is -2.84. The van der Waals surface area contributed by atoms with E-state index in [9.17, 15) is 8.42 Å². The number of hydrogen-bond acceptors (Lipinski definition) is 7. The molecule has 3 unspecified atom stereocenters. The summed E-state index contributed by atoms with van der Waals surface area (Å²) in [6.07, 6.45) is -0.788. The van der Waals surface area contributed by atoms with Gasteiger partial charge in [-0.3, -0.25) is 16.7 Å².